The maximum Gasteiger partial charge on any atom is 0.254 e. The molecular formula is C32H39N3O4S. The molecule has 0 aliphatic carbocycles. The maximum absolute atomic E-state index is 13.6. The Labute approximate surface area is 241 Å². The van der Waals surface area contributed by atoms with Crippen molar-refractivity contribution in [3.05, 3.63) is 81.5 Å². The van der Waals surface area contributed by atoms with E-state index in [4.69, 9.17) is 9.47 Å². The van der Waals surface area contributed by atoms with Crippen LogP contribution in [0.3, 0.4) is 0 Å². The molecule has 1 saturated heterocycles. The smallest absolute Gasteiger partial charge is 0.254 e. The second-order valence-electron chi connectivity index (χ2n) is 10.6. The molecule has 40 heavy (non-hydrogen) atoms. The first-order chi connectivity index (χ1) is 19.5. The standard InChI is InChI=1S/C32H39N3O4S/c1-4-5-19-39-27-12-8-25(9-13-27)32(37)35-18-17-33(21-23(35)2)30(36)22-34-16-14-29-28(15-20-40-29)31(34)24-6-10-26(38-3)11-7-24/h6-13,15,20,23,31H,4-5,14,16-19,21-22H2,1-3H3/t23-,31+/m0/s1. The summed E-state index contributed by atoms with van der Waals surface area (Å²) >= 11 is 1.80. The van der Waals surface area contributed by atoms with Gasteiger partial charge in [-0.15, -0.1) is 11.3 Å². The molecule has 0 N–H and O–H groups in total. The Kier molecular flexibility index (Phi) is 9.07. The van der Waals surface area contributed by atoms with Gasteiger partial charge in [-0.05, 0) is 78.7 Å². The van der Waals surface area contributed by atoms with E-state index in [0.717, 1.165) is 37.3 Å². The van der Waals surface area contributed by atoms with E-state index in [0.29, 0.717) is 38.3 Å². The summed E-state index contributed by atoms with van der Waals surface area (Å²) in [5, 5.41) is 2.15. The summed E-state index contributed by atoms with van der Waals surface area (Å²) in [6.45, 7) is 7.63. The number of fused-ring (bicyclic) bond motifs is 1. The number of piperazine rings is 1. The number of benzene rings is 2. The summed E-state index contributed by atoms with van der Waals surface area (Å²) in [5.41, 5.74) is 3.11. The van der Waals surface area contributed by atoms with Crippen molar-refractivity contribution in [2.45, 2.75) is 45.2 Å². The lowest BCUT2D eigenvalue weighted by molar-refractivity contribution is -0.135. The van der Waals surface area contributed by atoms with Crippen LogP contribution in [-0.2, 0) is 11.2 Å². The predicted octanol–water partition coefficient (Wildman–Crippen LogP) is 5.26. The number of amides is 2. The molecule has 0 radical (unpaired) electrons. The summed E-state index contributed by atoms with van der Waals surface area (Å²) in [7, 11) is 1.67. The zero-order chi connectivity index (χ0) is 28.1. The van der Waals surface area contributed by atoms with Gasteiger partial charge in [-0.3, -0.25) is 14.5 Å². The second-order valence-corrected chi connectivity index (χ2v) is 11.6. The van der Waals surface area contributed by atoms with Crippen molar-refractivity contribution < 1.29 is 19.1 Å². The first-order valence-corrected chi connectivity index (χ1v) is 15.1. The summed E-state index contributed by atoms with van der Waals surface area (Å²) in [5.74, 6) is 1.73. The van der Waals surface area contributed by atoms with Gasteiger partial charge in [0.15, 0.2) is 0 Å². The van der Waals surface area contributed by atoms with Crippen molar-refractivity contribution in [3.63, 3.8) is 0 Å². The van der Waals surface area contributed by atoms with E-state index in [2.05, 4.69) is 35.4 Å². The van der Waals surface area contributed by atoms with Gasteiger partial charge < -0.3 is 19.3 Å². The van der Waals surface area contributed by atoms with Crippen molar-refractivity contribution in [2.24, 2.45) is 0 Å². The Balaban J connectivity index is 1.21. The van der Waals surface area contributed by atoms with Crippen LogP contribution in [0.2, 0.25) is 0 Å². The van der Waals surface area contributed by atoms with Gasteiger partial charge in [0.1, 0.15) is 11.5 Å². The van der Waals surface area contributed by atoms with E-state index in [1.165, 1.54) is 16.0 Å². The minimum Gasteiger partial charge on any atom is -0.497 e. The summed E-state index contributed by atoms with van der Waals surface area (Å²) in [4.78, 5) is 34.4. The van der Waals surface area contributed by atoms with Gasteiger partial charge in [-0.2, -0.15) is 0 Å². The molecule has 0 saturated carbocycles. The quantitative estimate of drug-likeness (QED) is 0.334. The van der Waals surface area contributed by atoms with Crippen molar-refractivity contribution in [1.29, 1.82) is 0 Å². The number of hydrogen-bond donors (Lipinski definition) is 0. The van der Waals surface area contributed by atoms with Crippen LogP contribution in [0.4, 0.5) is 0 Å². The number of methoxy groups -OCH3 is 1. The minimum absolute atomic E-state index is 0.000273. The van der Waals surface area contributed by atoms with Gasteiger partial charge in [0.2, 0.25) is 5.91 Å². The van der Waals surface area contributed by atoms with Crippen LogP contribution in [0.1, 0.15) is 59.1 Å². The van der Waals surface area contributed by atoms with Crippen molar-refractivity contribution >= 4 is 23.2 Å². The lowest BCUT2D eigenvalue weighted by Crippen LogP contribution is -2.57. The van der Waals surface area contributed by atoms with Crippen LogP contribution >= 0.6 is 11.3 Å². The van der Waals surface area contributed by atoms with Crippen LogP contribution < -0.4 is 9.47 Å². The Morgan fingerprint density at radius 1 is 0.975 bits per heavy atom. The summed E-state index contributed by atoms with van der Waals surface area (Å²) < 4.78 is 11.1. The largest absolute Gasteiger partial charge is 0.497 e. The van der Waals surface area contributed by atoms with Crippen molar-refractivity contribution in [2.75, 3.05) is 46.4 Å². The molecular weight excluding hydrogens is 522 g/mol. The number of hydrogen-bond acceptors (Lipinski definition) is 6. The molecule has 3 heterocycles. The number of rotatable bonds is 9. The molecule has 7 nitrogen and oxygen atoms in total. The highest BCUT2D eigenvalue weighted by molar-refractivity contribution is 7.10. The average molecular weight is 562 g/mol. The molecule has 5 rings (SSSR count). The molecule has 0 bridgehead atoms. The molecule has 0 spiro atoms. The lowest BCUT2D eigenvalue weighted by atomic mass is 9.93. The van der Waals surface area contributed by atoms with E-state index in [1.807, 2.05) is 53.1 Å². The monoisotopic (exact) mass is 561 g/mol. The summed E-state index contributed by atoms with van der Waals surface area (Å²) in [6, 6.07) is 17.8. The van der Waals surface area contributed by atoms with Crippen molar-refractivity contribution in [3.8, 4) is 11.5 Å². The molecule has 212 valence electrons. The molecule has 3 aromatic rings. The van der Waals surface area contributed by atoms with E-state index in [-0.39, 0.29) is 23.9 Å². The Morgan fingerprint density at radius 2 is 1.73 bits per heavy atom. The molecule has 2 amide bonds. The van der Waals surface area contributed by atoms with Gasteiger partial charge in [-0.1, -0.05) is 25.5 Å². The fourth-order valence-corrected chi connectivity index (χ4v) is 6.57. The van der Waals surface area contributed by atoms with Gasteiger partial charge in [0, 0.05) is 42.7 Å². The molecule has 2 aliphatic rings. The first kappa shape index (κ1) is 28.2. The second kappa shape index (κ2) is 12.9. The molecule has 2 aliphatic heterocycles. The number of thiophene rings is 1. The van der Waals surface area contributed by atoms with Crippen LogP contribution in [0.25, 0.3) is 0 Å². The van der Waals surface area contributed by atoms with Gasteiger partial charge in [0.25, 0.3) is 5.91 Å². The third-order valence-corrected chi connectivity index (χ3v) is 8.94. The Morgan fingerprint density at radius 3 is 2.42 bits per heavy atom. The highest BCUT2D eigenvalue weighted by atomic mass is 32.1. The molecule has 1 fully saturated rings. The molecule has 0 unspecified atom stereocenters. The van der Waals surface area contributed by atoms with E-state index < -0.39 is 0 Å². The third-order valence-electron chi connectivity index (χ3n) is 7.94. The zero-order valence-electron chi connectivity index (χ0n) is 23.7. The van der Waals surface area contributed by atoms with Gasteiger partial charge in [-0.25, -0.2) is 0 Å². The first-order valence-electron chi connectivity index (χ1n) is 14.2. The third kappa shape index (κ3) is 6.18. The SMILES string of the molecule is CCCCOc1ccc(C(=O)N2CCN(C(=O)CN3CCc4sccc4[C@H]3c3ccc(OC)cc3)C[C@@H]2C)cc1. The molecule has 1 aromatic heterocycles. The number of unbranched alkanes of at least 4 members (excludes halogenated alkanes) is 1. The van der Waals surface area contributed by atoms with Crippen LogP contribution in [0.5, 0.6) is 11.5 Å². The van der Waals surface area contributed by atoms with E-state index in [1.54, 1.807) is 18.4 Å². The number of ether oxygens (including phenoxy) is 2. The van der Waals surface area contributed by atoms with Crippen LogP contribution in [0, 0.1) is 0 Å². The summed E-state index contributed by atoms with van der Waals surface area (Å²) in [6.07, 6.45) is 3.05. The topological polar surface area (TPSA) is 62.3 Å². The zero-order valence-corrected chi connectivity index (χ0v) is 24.5. The van der Waals surface area contributed by atoms with E-state index >= 15 is 0 Å². The fourth-order valence-electron chi connectivity index (χ4n) is 5.67. The normalized spacial score (nSPS) is 19.3. The predicted molar refractivity (Wildman–Crippen MR) is 158 cm³/mol. The highest BCUT2D eigenvalue weighted by Crippen LogP contribution is 2.38. The number of carbonyl (C=O) groups excluding carboxylic acids is 2. The van der Waals surface area contributed by atoms with Gasteiger partial charge in [0.05, 0.1) is 26.3 Å². The minimum atomic E-state index is -0.0621. The van der Waals surface area contributed by atoms with Gasteiger partial charge >= 0.3 is 0 Å². The lowest BCUT2D eigenvalue weighted by Gasteiger charge is -2.42. The molecule has 2 aromatic carbocycles. The maximum atomic E-state index is 13.6. The van der Waals surface area contributed by atoms with Crippen LogP contribution in [0.15, 0.2) is 60.0 Å². The fraction of sp³-hybridized carbons (Fsp3) is 0.438. The highest BCUT2D eigenvalue weighted by Gasteiger charge is 2.34. The Hall–Kier alpha value is -3.36. The average Bonchev–Trinajstić information content (AvgIpc) is 3.46. The van der Waals surface area contributed by atoms with Crippen molar-refractivity contribution in [1.82, 2.24) is 14.7 Å². The Bertz CT molecular complexity index is 1290. The molecule has 8 heteroatoms. The molecule has 2 atom stereocenters. The van der Waals surface area contributed by atoms with Crippen LogP contribution in [-0.4, -0.2) is 79.0 Å². The number of carbonyl (C=O) groups is 2. The number of nitrogens with zero attached hydrogens (tertiary/aromatic N) is 3. The van der Waals surface area contributed by atoms with E-state index in [9.17, 15) is 9.59 Å².